The normalized spacial score (nSPS) is 16.2. The van der Waals surface area contributed by atoms with Gasteiger partial charge in [-0.1, -0.05) is 25.7 Å². The Kier molecular flexibility index (Phi) is 6.47. The molecule has 0 atom stereocenters. The Bertz CT molecular complexity index is 424. The number of anilines is 2. The lowest BCUT2D eigenvalue weighted by Crippen LogP contribution is -2.19. The van der Waals surface area contributed by atoms with Gasteiger partial charge in [0, 0.05) is 12.5 Å². The van der Waals surface area contributed by atoms with Crippen LogP contribution in [0.3, 0.4) is 0 Å². The molecule has 1 saturated carbocycles. The van der Waals surface area contributed by atoms with Gasteiger partial charge in [0.25, 0.3) is 0 Å². The Labute approximate surface area is 126 Å². The molecule has 0 aromatic carbocycles. The lowest BCUT2D eigenvalue weighted by molar-refractivity contribution is -0.116. The zero-order chi connectivity index (χ0) is 14.9. The van der Waals surface area contributed by atoms with Gasteiger partial charge in [0.15, 0.2) is 0 Å². The third kappa shape index (κ3) is 5.71. The molecule has 21 heavy (non-hydrogen) atoms. The van der Waals surface area contributed by atoms with Crippen molar-refractivity contribution in [2.75, 3.05) is 17.2 Å². The molecule has 1 fully saturated rings. The second-order valence-corrected chi connectivity index (χ2v) is 5.71. The van der Waals surface area contributed by atoms with Gasteiger partial charge in [0.05, 0.1) is 11.9 Å². The minimum Gasteiger partial charge on any atom is -0.367 e. The van der Waals surface area contributed by atoms with Gasteiger partial charge in [0.1, 0.15) is 5.82 Å². The van der Waals surface area contributed by atoms with Crippen molar-refractivity contribution < 1.29 is 4.79 Å². The van der Waals surface area contributed by atoms with Crippen LogP contribution in [0.25, 0.3) is 0 Å². The SMILES string of the molecule is NCCCC(=O)Nc1ccc(NC2CCCCCC2)nc1. The Hall–Kier alpha value is -1.62. The lowest BCUT2D eigenvalue weighted by atomic mass is 10.1. The van der Waals surface area contributed by atoms with Gasteiger partial charge in [-0.05, 0) is 37.9 Å². The summed E-state index contributed by atoms with van der Waals surface area (Å²) >= 11 is 0. The summed E-state index contributed by atoms with van der Waals surface area (Å²) in [5, 5.41) is 6.33. The monoisotopic (exact) mass is 290 g/mol. The van der Waals surface area contributed by atoms with Crippen LogP contribution < -0.4 is 16.4 Å². The van der Waals surface area contributed by atoms with E-state index in [0.717, 1.165) is 11.5 Å². The highest BCUT2D eigenvalue weighted by Gasteiger charge is 2.12. The van der Waals surface area contributed by atoms with Gasteiger partial charge in [-0.2, -0.15) is 0 Å². The maximum Gasteiger partial charge on any atom is 0.224 e. The summed E-state index contributed by atoms with van der Waals surface area (Å²) in [6.07, 6.45) is 10.6. The number of amides is 1. The molecule has 1 aromatic heterocycles. The van der Waals surface area contributed by atoms with E-state index in [1.807, 2.05) is 12.1 Å². The van der Waals surface area contributed by atoms with Crippen molar-refractivity contribution in [2.24, 2.45) is 5.73 Å². The Morgan fingerprint density at radius 2 is 2.00 bits per heavy atom. The van der Waals surface area contributed by atoms with Crippen LogP contribution >= 0.6 is 0 Å². The van der Waals surface area contributed by atoms with E-state index in [4.69, 9.17) is 5.73 Å². The van der Waals surface area contributed by atoms with Crippen molar-refractivity contribution in [1.29, 1.82) is 0 Å². The summed E-state index contributed by atoms with van der Waals surface area (Å²) in [6, 6.07) is 4.36. The van der Waals surface area contributed by atoms with E-state index >= 15 is 0 Å². The first-order valence-corrected chi connectivity index (χ1v) is 8.00. The number of hydrogen-bond donors (Lipinski definition) is 3. The largest absolute Gasteiger partial charge is 0.367 e. The van der Waals surface area contributed by atoms with E-state index in [9.17, 15) is 4.79 Å². The number of rotatable bonds is 6. The molecule has 0 bridgehead atoms. The molecule has 4 N–H and O–H groups in total. The van der Waals surface area contributed by atoms with Crippen LogP contribution in [-0.4, -0.2) is 23.5 Å². The van der Waals surface area contributed by atoms with Crippen LogP contribution in [0.1, 0.15) is 51.4 Å². The van der Waals surface area contributed by atoms with Crippen molar-refractivity contribution >= 4 is 17.4 Å². The fraction of sp³-hybridized carbons (Fsp3) is 0.625. The molecule has 1 aromatic rings. The molecule has 0 unspecified atom stereocenters. The molecule has 116 valence electrons. The molecule has 5 nitrogen and oxygen atoms in total. The maximum absolute atomic E-state index is 11.6. The van der Waals surface area contributed by atoms with Crippen molar-refractivity contribution in [3.05, 3.63) is 18.3 Å². The Morgan fingerprint density at radius 1 is 1.24 bits per heavy atom. The smallest absolute Gasteiger partial charge is 0.224 e. The fourth-order valence-electron chi connectivity index (χ4n) is 2.67. The molecule has 0 spiro atoms. The third-order valence-corrected chi connectivity index (χ3v) is 3.86. The van der Waals surface area contributed by atoms with E-state index in [1.165, 1.54) is 38.5 Å². The van der Waals surface area contributed by atoms with Gasteiger partial charge in [0.2, 0.25) is 5.91 Å². The quantitative estimate of drug-likeness (QED) is 0.704. The van der Waals surface area contributed by atoms with Crippen LogP contribution in [0.5, 0.6) is 0 Å². The first-order chi connectivity index (χ1) is 10.3. The summed E-state index contributed by atoms with van der Waals surface area (Å²) < 4.78 is 0. The molecule has 0 radical (unpaired) electrons. The molecule has 1 aliphatic carbocycles. The van der Waals surface area contributed by atoms with Crippen LogP contribution in [0.4, 0.5) is 11.5 Å². The molecule has 0 saturated heterocycles. The number of aromatic nitrogens is 1. The average molecular weight is 290 g/mol. The molecule has 1 amide bonds. The van der Waals surface area contributed by atoms with Crippen molar-refractivity contribution in [1.82, 2.24) is 4.98 Å². The van der Waals surface area contributed by atoms with Crippen molar-refractivity contribution in [3.63, 3.8) is 0 Å². The molecule has 0 aliphatic heterocycles. The third-order valence-electron chi connectivity index (χ3n) is 3.86. The Balaban J connectivity index is 1.82. The minimum atomic E-state index is -0.00766. The highest BCUT2D eigenvalue weighted by atomic mass is 16.1. The Morgan fingerprint density at radius 3 is 2.62 bits per heavy atom. The zero-order valence-corrected chi connectivity index (χ0v) is 12.6. The van der Waals surface area contributed by atoms with E-state index < -0.39 is 0 Å². The minimum absolute atomic E-state index is 0.00766. The van der Waals surface area contributed by atoms with Crippen LogP contribution in [-0.2, 0) is 4.79 Å². The fourth-order valence-corrected chi connectivity index (χ4v) is 2.67. The molecule has 1 heterocycles. The summed E-state index contributed by atoms with van der Waals surface area (Å²) in [5.41, 5.74) is 6.13. The number of carbonyl (C=O) groups is 1. The number of hydrogen-bond acceptors (Lipinski definition) is 4. The summed E-state index contributed by atoms with van der Waals surface area (Å²) in [5.74, 6) is 0.883. The van der Waals surface area contributed by atoms with E-state index in [-0.39, 0.29) is 5.91 Å². The van der Waals surface area contributed by atoms with Gasteiger partial charge in [-0.15, -0.1) is 0 Å². The molecule has 1 aliphatic rings. The maximum atomic E-state index is 11.6. The van der Waals surface area contributed by atoms with Crippen molar-refractivity contribution in [2.45, 2.75) is 57.4 Å². The number of carbonyl (C=O) groups excluding carboxylic acids is 1. The average Bonchev–Trinajstić information content (AvgIpc) is 2.76. The molecule has 5 heteroatoms. The summed E-state index contributed by atoms with van der Waals surface area (Å²) in [7, 11) is 0. The predicted molar refractivity (Wildman–Crippen MR) is 86.3 cm³/mol. The second-order valence-electron chi connectivity index (χ2n) is 5.71. The summed E-state index contributed by atoms with van der Waals surface area (Å²) in [6.45, 7) is 0.538. The molecular formula is C16H26N4O. The second kappa shape index (κ2) is 8.62. The van der Waals surface area contributed by atoms with E-state index in [2.05, 4.69) is 15.6 Å². The topological polar surface area (TPSA) is 80.0 Å². The van der Waals surface area contributed by atoms with Crippen LogP contribution in [0.2, 0.25) is 0 Å². The molecular weight excluding hydrogens is 264 g/mol. The van der Waals surface area contributed by atoms with Gasteiger partial charge in [-0.25, -0.2) is 4.98 Å². The predicted octanol–water partition coefficient (Wildman–Crippen LogP) is 2.89. The van der Waals surface area contributed by atoms with Crippen LogP contribution in [0, 0.1) is 0 Å². The summed E-state index contributed by atoms with van der Waals surface area (Å²) in [4.78, 5) is 16.0. The van der Waals surface area contributed by atoms with Crippen LogP contribution in [0.15, 0.2) is 18.3 Å². The van der Waals surface area contributed by atoms with Gasteiger partial charge >= 0.3 is 0 Å². The van der Waals surface area contributed by atoms with E-state index in [1.54, 1.807) is 6.20 Å². The number of nitrogens with one attached hydrogen (secondary N) is 2. The van der Waals surface area contributed by atoms with Crippen molar-refractivity contribution in [3.8, 4) is 0 Å². The first kappa shape index (κ1) is 15.8. The van der Waals surface area contributed by atoms with Gasteiger partial charge < -0.3 is 16.4 Å². The first-order valence-electron chi connectivity index (χ1n) is 8.00. The number of nitrogens with two attached hydrogens (primary N) is 1. The van der Waals surface area contributed by atoms with E-state index in [0.29, 0.717) is 25.4 Å². The molecule has 2 rings (SSSR count). The zero-order valence-electron chi connectivity index (χ0n) is 12.6. The highest BCUT2D eigenvalue weighted by Crippen LogP contribution is 2.20. The standard InChI is InChI=1S/C16H26N4O/c17-11-5-8-16(21)20-14-9-10-15(18-12-14)19-13-6-3-1-2-4-7-13/h9-10,12-13H,1-8,11,17H2,(H,18,19)(H,20,21). The number of nitrogens with zero attached hydrogens (tertiary/aromatic N) is 1. The highest BCUT2D eigenvalue weighted by molar-refractivity contribution is 5.90. The number of pyridine rings is 1. The van der Waals surface area contributed by atoms with Gasteiger partial charge in [-0.3, -0.25) is 4.79 Å². The lowest BCUT2D eigenvalue weighted by Gasteiger charge is -2.17.